The second kappa shape index (κ2) is 17.4. The predicted octanol–water partition coefficient (Wildman–Crippen LogP) is 9.74. The molecule has 2 aliphatic heterocycles. The highest BCUT2D eigenvalue weighted by atomic mass is 35.5. The molecule has 1 fully saturated rings. The number of rotatable bonds is 6. The Labute approximate surface area is 265 Å². The number of carbonyl (C=O) groups is 1. The third kappa shape index (κ3) is 9.48. The van der Waals surface area contributed by atoms with E-state index in [1.54, 1.807) is 37.3 Å². The molecule has 0 spiro atoms. The van der Waals surface area contributed by atoms with Gasteiger partial charge in [0.2, 0.25) is 0 Å². The maximum Gasteiger partial charge on any atom is 0.431 e. The largest absolute Gasteiger partial charge is 0.490 e. The zero-order valence-electron chi connectivity index (χ0n) is 27.1. The number of fused-ring (bicyclic) bond motifs is 3. The Morgan fingerprint density at radius 1 is 1.05 bits per heavy atom. The third-order valence-electron chi connectivity index (χ3n) is 6.58. The molecule has 0 saturated heterocycles. The maximum absolute atomic E-state index is 14.1. The second-order valence-electron chi connectivity index (χ2n) is 10.2. The number of nitrogens with zero attached hydrogens (tertiary/aromatic N) is 2. The van der Waals surface area contributed by atoms with Gasteiger partial charge in [-0.1, -0.05) is 57.8 Å². The summed E-state index contributed by atoms with van der Waals surface area (Å²) in [5.74, 6) is 2.05. The Hall–Kier alpha value is -3.04. The maximum atomic E-state index is 14.1. The van der Waals surface area contributed by atoms with Gasteiger partial charge < -0.3 is 14.2 Å². The van der Waals surface area contributed by atoms with Crippen LogP contribution in [0.3, 0.4) is 0 Å². The molecule has 2 aromatic carbocycles. The summed E-state index contributed by atoms with van der Waals surface area (Å²) < 4.78 is 60.2. The minimum absolute atomic E-state index is 0.0400. The van der Waals surface area contributed by atoms with Crippen LogP contribution in [0.25, 0.3) is 0 Å². The number of halogens is 4. The molecule has 1 aliphatic carbocycles. The van der Waals surface area contributed by atoms with Gasteiger partial charge in [0, 0.05) is 22.1 Å². The fraction of sp³-hybridized carbons (Fsp3) is 0.529. The Morgan fingerprint density at radius 3 is 2.20 bits per heavy atom. The number of allylic oxidation sites excluding steroid dienone is 1. The van der Waals surface area contributed by atoms with Crippen LogP contribution in [0.1, 0.15) is 91.9 Å². The van der Waals surface area contributed by atoms with Crippen molar-refractivity contribution < 1.29 is 32.2 Å². The molecule has 1 saturated carbocycles. The highest BCUT2D eigenvalue weighted by Crippen LogP contribution is 2.47. The Balaban J connectivity index is 0.000000525. The molecule has 0 N–H and O–H groups in total. The molecule has 5 rings (SSSR count). The first-order chi connectivity index (χ1) is 21.0. The number of benzene rings is 2. The molecular weight excluding hydrogens is 593 g/mol. The number of hydrogen-bond donors (Lipinski definition) is 0. The van der Waals surface area contributed by atoms with Gasteiger partial charge in [-0.2, -0.15) is 13.2 Å². The topological polar surface area (TPSA) is 60.4 Å². The van der Waals surface area contributed by atoms with Crippen LogP contribution in [0.5, 0.6) is 11.5 Å². The second-order valence-corrected chi connectivity index (χ2v) is 10.7. The van der Waals surface area contributed by atoms with Crippen LogP contribution in [0, 0.1) is 5.92 Å². The molecule has 10 heteroatoms. The lowest BCUT2D eigenvalue weighted by Gasteiger charge is -2.33. The van der Waals surface area contributed by atoms with Crippen molar-refractivity contribution in [2.24, 2.45) is 10.9 Å². The lowest BCUT2D eigenvalue weighted by atomic mass is 9.97. The minimum Gasteiger partial charge on any atom is -0.490 e. The number of alkyl halides is 3. The van der Waals surface area contributed by atoms with E-state index in [4.69, 9.17) is 25.8 Å². The van der Waals surface area contributed by atoms with Crippen molar-refractivity contribution in [2.45, 2.75) is 86.9 Å². The van der Waals surface area contributed by atoms with Crippen LogP contribution in [-0.2, 0) is 9.53 Å². The van der Waals surface area contributed by atoms with Crippen LogP contribution in [0.4, 0.5) is 18.9 Å². The summed E-state index contributed by atoms with van der Waals surface area (Å²) in [7, 11) is 0. The van der Waals surface area contributed by atoms with Crippen molar-refractivity contribution in [3.8, 4) is 11.5 Å². The van der Waals surface area contributed by atoms with Crippen LogP contribution < -0.4 is 14.4 Å². The van der Waals surface area contributed by atoms with Gasteiger partial charge in [0.1, 0.15) is 30.0 Å². The summed E-state index contributed by atoms with van der Waals surface area (Å²) >= 11 is 6.30. The van der Waals surface area contributed by atoms with Crippen LogP contribution in [-0.4, -0.2) is 44.2 Å². The number of para-hydroxylation sites is 1. The van der Waals surface area contributed by atoms with Crippen molar-refractivity contribution in [2.75, 3.05) is 31.3 Å². The molecule has 0 aromatic heterocycles. The molecule has 2 aromatic rings. The fourth-order valence-corrected chi connectivity index (χ4v) is 4.84. The highest BCUT2D eigenvalue weighted by molar-refractivity contribution is 6.30. The number of Topliss-reactive ketones (excluding diaryl/α,β-unsaturated/α-hetero) is 1. The van der Waals surface area contributed by atoms with E-state index in [1.807, 2.05) is 33.8 Å². The summed E-state index contributed by atoms with van der Waals surface area (Å²) in [6.07, 6.45) is -1.76. The van der Waals surface area contributed by atoms with Gasteiger partial charge >= 0.3 is 6.18 Å². The van der Waals surface area contributed by atoms with E-state index in [2.05, 4.69) is 18.8 Å². The number of carbonyl (C=O) groups excluding carboxylic acids is 1. The summed E-state index contributed by atoms with van der Waals surface area (Å²) in [5.41, 5.74) is 0.837. The Morgan fingerprint density at radius 2 is 1.68 bits per heavy atom. The Bertz CT molecular complexity index is 1310. The van der Waals surface area contributed by atoms with E-state index in [-0.39, 0.29) is 24.6 Å². The number of ether oxygens (including phenoxy) is 3. The van der Waals surface area contributed by atoms with Gasteiger partial charge in [-0.25, -0.2) is 0 Å². The first-order valence-corrected chi connectivity index (χ1v) is 15.8. The van der Waals surface area contributed by atoms with Gasteiger partial charge in [-0.15, -0.1) is 0 Å². The number of hydrogen-bond acceptors (Lipinski definition) is 6. The number of aliphatic imine (C=N–C) groups is 1. The minimum atomic E-state index is -4.56. The standard InChI is InChI=1S/C24H24ClF3N2O3.C5H8O.C3H8.C2H6/c1-4-31-19-8-6-7-16(22(19)32-5-2)21-17-11-15(25)9-10-18(17)30-20(13-33-21)29-12-14(3)23(30)24(26,27)28;1-4(6)5-2-3-5;1-3-2;1-2/h6-11,21H,4-5,12-13H2,1-3H3;5H,2-3H2,1H3;3H2,1-2H3;1-2H3/t21-;;;/m1.../s1. The van der Waals surface area contributed by atoms with E-state index in [0.29, 0.717) is 58.3 Å². The van der Waals surface area contributed by atoms with Crippen molar-refractivity contribution in [1.82, 2.24) is 0 Å². The summed E-state index contributed by atoms with van der Waals surface area (Å²) in [6, 6.07) is 10.2. The molecule has 0 unspecified atom stereocenters. The van der Waals surface area contributed by atoms with E-state index < -0.39 is 18.0 Å². The molecule has 1 atom stereocenters. The molecule has 44 heavy (non-hydrogen) atoms. The molecule has 244 valence electrons. The highest BCUT2D eigenvalue weighted by Gasteiger charge is 2.45. The van der Waals surface area contributed by atoms with Crippen molar-refractivity contribution in [1.29, 1.82) is 0 Å². The lowest BCUT2D eigenvalue weighted by molar-refractivity contribution is -0.118. The molecule has 0 amide bonds. The molecule has 0 bridgehead atoms. The van der Waals surface area contributed by atoms with Gasteiger partial charge in [-0.05, 0) is 70.4 Å². The average Bonchev–Trinajstić information content (AvgIpc) is 3.83. The van der Waals surface area contributed by atoms with E-state index in [1.165, 1.54) is 13.3 Å². The molecular formula is C34H46ClF3N2O4. The predicted molar refractivity (Wildman–Crippen MR) is 172 cm³/mol. The van der Waals surface area contributed by atoms with E-state index in [0.717, 1.165) is 17.7 Å². The van der Waals surface area contributed by atoms with Crippen LogP contribution >= 0.6 is 11.6 Å². The lowest BCUT2D eigenvalue weighted by Crippen LogP contribution is -2.42. The fourth-order valence-electron chi connectivity index (χ4n) is 4.65. The van der Waals surface area contributed by atoms with Crippen molar-refractivity contribution in [3.63, 3.8) is 0 Å². The van der Waals surface area contributed by atoms with Crippen LogP contribution in [0.2, 0.25) is 5.02 Å². The zero-order chi connectivity index (χ0) is 33.0. The Kier molecular flexibility index (Phi) is 14.7. The smallest absolute Gasteiger partial charge is 0.431 e. The van der Waals surface area contributed by atoms with Gasteiger partial charge in [0.15, 0.2) is 11.5 Å². The monoisotopic (exact) mass is 638 g/mol. The summed E-state index contributed by atoms with van der Waals surface area (Å²) in [6.45, 7) is 15.7. The van der Waals surface area contributed by atoms with Crippen molar-refractivity contribution in [3.05, 3.63) is 63.8 Å². The zero-order valence-corrected chi connectivity index (χ0v) is 27.9. The number of amidine groups is 1. The van der Waals surface area contributed by atoms with Crippen molar-refractivity contribution >= 4 is 28.9 Å². The van der Waals surface area contributed by atoms with Gasteiger partial charge in [-0.3, -0.25) is 14.7 Å². The van der Waals surface area contributed by atoms with Gasteiger partial charge in [0.25, 0.3) is 0 Å². The van der Waals surface area contributed by atoms with E-state index >= 15 is 0 Å². The summed E-state index contributed by atoms with van der Waals surface area (Å²) in [4.78, 5) is 15.7. The molecule has 2 heterocycles. The number of ketones is 1. The first-order valence-electron chi connectivity index (χ1n) is 15.4. The van der Waals surface area contributed by atoms with Gasteiger partial charge in [0.05, 0.1) is 25.4 Å². The molecule has 6 nitrogen and oxygen atoms in total. The SMILES string of the molecule is CC.CC(=O)C1CC1.CCC.CCOc1cccc([C@H]2OCC3=NCC(C)=C(C(F)(F)F)N3c3ccc(Cl)cc32)c1OCC. The number of anilines is 1. The van der Waals surface area contributed by atoms with E-state index in [9.17, 15) is 18.0 Å². The summed E-state index contributed by atoms with van der Waals surface area (Å²) in [5, 5.41) is 0.382. The average molecular weight is 639 g/mol. The van der Waals surface area contributed by atoms with Crippen LogP contribution in [0.15, 0.2) is 52.7 Å². The normalized spacial score (nSPS) is 17.1. The quantitative estimate of drug-likeness (QED) is 0.315. The first kappa shape index (κ1) is 37.1. The molecule has 0 radical (unpaired) electrons. The third-order valence-corrected chi connectivity index (χ3v) is 6.81. The molecule has 3 aliphatic rings.